The van der Waals surface area contributed by atoms with Crippen molar-refractivity contribution in [3.8, 4) is 0 Å². The molecule has 0 N–H and O–H groups in total. The van der Waals surface area contributed by atoms with Gasteiger partial charge < -0.3 is 0 Å². The van der Waals surface area contributed by atoms with Gasteiger partial charge in [-0.1, -0.05) is 13.8 Å². The smallest absolute Gasteiger partial charge is 0.0345 e. The van der Waals surface area contributed by atoms with Gasteiger partial charge in [0.25, 0.3) is 0 Å². The van der Waals surface area contributed by atoms with Gasteiger partial charge in [0.15, 0.2) is 0 Å². The largest absolute Gasteiger partial charge is 0.292 e. The quantitative estimate of drug-likeness (QED) is 0.571. The van der Waals surface area contributed by atoms with Crippen LogP contribution in [0.4, 0.5) is 0 Å². The molecule has 1 saturated heterocycles. The molecule has 1 unspecified atom stereocenters. The Morgan fingerprint density at radius 3 is 2.08 bits per heavy atom. The van der Waals surface area contributed by atoms with Gasteiger partial charge in [-0.3, -0.25) is 4.90 Å². The third-order valence-electron chi connectivity index (χ3n) is 3.82. The lowest BCUT2D eigenvalue weighted by Gasteiger charge is -2.40. The van der Waals surface area contributed by atoms with E-state index in [1.165, 1.54) is 19.4 Å². The van der Waals surface area contributed by atoms with Gasteiger partial charge >= 0.3 is 0 Å². The van der Waals surface area contributed by atoms with E-state index in [2.05, 4.69) is 32.6 Å². The first-order valence-corrected chi connectivity index (χ1v) is 5.32. The van der Waals surface area contributed by atoms with Crippen molar-refractivity contribution in [1.29, 1.82) is 0 Å². The normalized spacial score (nSPS) is 45.5. The first-order valence-electron chi connectivity index (χ1n) is 5.32. The van der Waals surface area contributed by atoms with Crippen LogP contribution in [0.25, 0.3) is 0 Å². The highest BCUT2D eigenvalue weighted by Crippen LogP contribution is 2.55. The summed E-state index contributed by atoms with van der Waals surface area (Å²) < 4.78 is 0. The van der Waals surface area contributed by atoms with Crippen LogP contribution >= 0.6 is 0 Å². The van der Waals surface area contributed by atoms with Crippen LogP contribution in [0.5, 0.6) is 0 Å². The van der Waals surface area contributed by atoms with Gasteiger partial charge in [0.05, 0.1) is 0 Å². The fourth-order valence-electron chi connectivity index (χ4n) is 2.76. The van der Waals surface area contributed by atoms with Crippen LogP contribution in [0.3, 0.4) is 0 Å². The summed E-state index contributed by atoms with van der Waals surface area (Å²) in [6.45, 7) is 10.7. The summed E-state index contributed by atoms with van der Waals surface area (Å²) in [5, 5.41) is 0. The van der Waals surface area contributed by atoms with Crippen molar-refractivity contribution < 1.29 is 0 Å². The summed E-state index contributed by atoms with van der Waals surface area (Å²) in [6.07, 6.45) is 2.95. The fourth-order valence-corrected chi connectivity index (χ4v) is 2.76. The van der Waals surface area contributed by atoms with Crippen LogP contribution in [0.1, 0.15) is 40.5 Å². The highest BCUT2D eigenvalue weighted by molar-refractivity contribution is 5.16. The van der Waals surface area contributed by atoms with Gasteiger partial charge in [0, 0.05) is 18.1 Å². The molecule has 2 rings (SSSR count). The van der Waals surface area contributed by atoms with Gasteiger partial charge in [-0.15, -0.1) is 0 Å². The maximum atomic E-state index is 2.66. The maximum Gasteiger partial charge on any atom is 0.0345 e. The van der Waals surface area contributed by atoms with Gasteiger partial charge in [0.1, 0.15) is 0 Å². The first kappa shape index (κ1) is 8.55. The third kappa shape index (κ3) is 1.10. The molecule has 1 aliphatic heterocycles. The van der Waals surface area contributed by atoms with E-state index in [9.17, 15) is 0 Å². The summed E-state index contributed by atoms with van der Waals surface area (Å²) in [4.78, 5) is 2.66. The molecule has 0 aromatic rings. The minimum atomic E-state index is 0.698. The van der Waals surface area contributed by atoms with Crippen molar-refractivity contribution in [2.24, 2.45) is 11.8 Å². The fraction of sp³-hybridized carbons (Fsp3) is 1.00. The molecule has 0 amide bonds. The highest BCUT2D eigenvalue weighted by Gasteiger charge is 2.60. The second-order valence-electron chi connectivity index (χ2n) is 5.36. The van der Waals surface area contributed by atoms with Crippen molar-refractivity contribution in [3.63, 3.8) is 0 Å². The number of rotatable bonds is 2. The zero-order chi connectivity index (χ0) is 8.93. The van der Waals surface area contributed by atoms with Gasteiger partial charge in [-0.2, -0.15) is 0 Å². The lowest BCUT2D eigenvalue weighted by atomic mass is 9.68. The Bertz CT molecular complexity index is 177. The average Bonchev–Trinajstić information content (AvgIpc) is 2.56. The minimum Gasteiger partial charge on any atom is -0.292 e. The molecule has 1 heteroatoms. The number of nitrogens with zero attached hydrogens (tertiary/aromatic N) is 1. The van der Waals surface area contributed by atoms with Crippen molar-refractivity contribution >= 4 is 0 Å². The van der Waals surface area contributed by atoms with Crippen LogP contribution in [0.15, 0.2) is 0 Å². The molecule has 0 aromatic heterocycles. The molecule has 0 radical (unpaired) electrons. The Morgan fingerprint density at radius 1 is 1.17 bits per heavy atom. The zero-order valence-corrected chi connectivity index (χ0v) is 8.80. The number of hydrogen-bond acceptors (Lipinski definition) is 1. The Kier molecular flexibility index (Phi) is 1.76. The summed E-state index contributed by atoms with van der Waals surface area (Å²) in [6, 6.07) is 0.776. The molecule has 1 saturated carbocycles. The molecule has 1 heterocycles. The molecule has 0 aromatic carbocycles. The highest BCUT2D eigenvalue weighted by atomic mass is 15.4. The minimum absolute atomic E-state index is 0.698. The molecule has 70 valence electrons. The van der Waals surface area contributed by atoms with Gasteiger partial charge in [-0.05, 0) is 38.5 Å². The predicted octanol–water partition coefficient (Wildman–Crippen LogP) is 2.52. The van der Waals surface area contributed by atoms with Crippen LogP contribution in [-0.4, -0.2) is 23.0 Å². The van der Waals surface area contributed by atoms with Crippen LogP contribution in [-0.2, 0) is 0 Å². The molecule has 1 atom stereocenters. The van der Waals surface area contributed by atoms with E-state index in [1.54, 1.807) is 0 Å². The molecule has 2 fully saturated rings. The van der Waals surface area contributed by atoms with E-state index in [-0.39, 0.29) is 0 Å². The van der Waals surface area contributed by atoms with Crippen LogP contribution in [0, 0.1) is 11.8 Å². The van der Waals surface area contributed by atoms with Crippen molar-refractivity contribution in [1.82, 2.24) is 4.90 Å². The van der Waals surface area contributed by atoms with Crippen LogP contribution in [0.2, 0.25) is 0 Å². The number of hydrogen-bond donors (Lipinski definition) is 0. The first-order chi connectivity index (χ1) is 5.55. The molecule has 12 heavy (non-hydrogen) atoms. The SMILES string of the molecule is CC(C)C1CC2(C1)CN2C(C)C. The molecular formula is C11H21N. The Balaban J connectivity index is 1.83. The van der Waals surface area contributed by atoms with E-state index < -0.39 is 0 Å². The lowest BCUT2D eigenvalue weighted by Crippen LogP contribution is -2.40. The molecule has 1 spiro atoms. The second-order valence-corrected chi connectivity index (χ2v) is 5.36. The van der Waals surface area contributed by atoms with E-state index in [1.807, 2.05) is 0 Å². The third-order valence-corrected chi connectivity index (χ3v) is 3.82. The van der Waals surface area contributed by atoms with Crippen LogP contribution < -0.4 is 0 Å². The van der Waals surface area contributed by atoms with E-state index >= 15 is 0 Å². The summed E-state index contributed by atoms with van der Waals surface area (Å²) in [7, 11) is 0. The summed E-state index contributed by atoms with van der Waals surface area (Å²) in [5.41, 5.74) is 0.698. The Morgan fingerprint density at radius 2 is 1.75 bits per heavy atom. The van der Waals surface area contributed by atoms with Gasteiger partial charge in [0.2, 0.25) is 0 Å². The van der Waals surface area contributed by atoms with E-state index in [0.29, 0.717) is 5.54 Å². The summed E-state index contributed by atoms with van der Waals surface area (Å²) in [5.74, 6) is 1.93. The van der Waals surface area contributed by atoms with E-state index in [4.69, 9.17) is 0 Å². The summed E-state index contributed by atoms with van der Waals surface area (Å²) >= 11 is 0. The van der Waals surface area contributed by atoms with Crippen molar-refractivity contribution in [2.75, 3.05) is 6.54 Å². The molecule has 1 nitrogen and oxygen atoms in total. The lowest BCUT2D eigenvalue weighted by molar-refractivity contribution is 0.123. The molecule has 2 aliphatic rings. The average molecular weight is 167 g/mol. The Hall–Kier alpha value is -0.0400. The standard InChI is InChI=1S/C11H21N/c1-8(2)10-5-11(6-10)7-12(11)9(3)4/h8-10H,5-7H2,1-4H3. The molecule has 0 bridgehead atoms. The van der Waals surface area contributed by atoms with Crippen molar-refractivity contribution in [2.45, 2.75) is 52.1 Å². The topological polar surface area (TPSA) is 3.01 Å². The zero-order valence-electron chi connectivity index (χ0n) is 8.80. The monoisotopic (exact) mass is 167 g/mol. The van der Waals surface area contributed by atoms with Crippen molar-refractivity contribution in [3.05, 3.63) is 0 Å². The Labute approximate surface area is 76.1 Å². The maximum absolute atomic E-state index is 2.66. The molecular weight excluding hydrogens is 146 g/mol. The van der Waals surface area contributed by atoms with Gasteiger partial charge in [-0.25, -0.2) is 0 Å². The predicted molar refractivity (Wildman–Crippen MR) is 52.1 cm³/mol. The molecule has 1 aliphatic carbocycles. The van der Waals surface area contributed by atoms with E-state index in [0.717, 1.165) is 17.9 Å². The second kappa shape index (κ2) is 2.47.